The second kappa shape index (κ2) is 7.33. The van der Waals surface area contributed by atoms with Gasteiger partial charge in [0.25, 0.3) is 0 Å². The lowest BCUT2D eigenvalue weighted by atomic mass is 10.2. The SMILES string of the molecule is CCCC(NCc1cnc(-c2ccc(C)cc2)s1)C(=O)O. The van der Waals surface area contributed by atoms with Gasteiger partial charge in [-0.15, -0.1) is 11.3 Å². The van der Waals surface area contributed by atoms with Crippen LogP contribution < -0.4 is 5.32 Å². The van der Waals surface area contributed by atoms with E-state index in [1.807, 2.05) is 13.1 Å². The number of aromatic nitrogens is 1. The molecule has 0 radical (unpaired) electrons. The molecule has 0 fully saturated rings. The standard InChI is InChI=1S/C16H20N2O2S/c1-3-4-14(16(19)20)17-9-13-10-18-15(21-13)12-7-5-11(2)6-8-12/h5-8,10,14,17H,3-4,9H2,1-2H3,(H,19,20). The zero-order valence-corrected chi connectivity index (χ0v) is 13.1. The lowest BCUT2D eigenvalue weighted by Gasteiger charge is -2.11. The fourth-order valence-corrected chi connectivity index (χ4v) is 2.91. The predicted molar refractivity (Wildman–Crippen MR) is 85.5 cm³/mol. The van der Waals surface area contributed by atoms with Crippen molar-refractivity contribution >= 4 is 17.3 Å². The maximum absolute atomic E-state index is 11.1. The van der Waals surface area contributed by atoms with Crippen molar-refractivity contribution in [2.24, 2.45) is 0 Å². The first kappa shape index (κ1) is 15.7. The van der Waals surface area contributed by atoms with Crippen molar-refractivity contribution in [2.75, 3.05) is 0 Å². The van der Waals surface area contributed by atoms with Crippen LogP contribution in [0, 0.1) is 6.92 Å². The molecule has 2 aromatic rings. The van der Waals surface area contributed by atoms with E-state index in [1.165, 1.54) is 5.56 Å². The molecule has 0 spiro atoms. The molecular weight excluding hydrogens is 284 g/mol. The normalized spacial score (nSPS) is 12.3. The highest BCUT2D eigenvalue weighted by molar-refractivity contribution is 7.15. The summed E-state index contributed by atoms with van der Waals surface area (Å²) in [5.74, 6) is -0.792. The Morgan fingerprint density at radius 3 is 2.71 bits per heavy atom. The number of thiazole rings is 1. The second-order valence-electron chi connectivity index (χ2n) is 5.06. The molecule has 1 aromatic heterocycles. The summed E-state index contributed by atoms with van der Waals surface area (Å²) in [6.07, 6.45) is 3.30. The van der Waals surface area contributed by atoms with Gasteiger partial charge in [-0.25, -0.2) is 4.98 Å². The Morgan fingerprint density at radius 1 is 1.38 bits per heavy atom. The van der Waals surface area contributed by atoms with Crippen molar-refractivity contribution in [1.29, 1.82) is 0 Å². The summed E-state index contributed by atoms with van der Waals surface area (Å²) in [6.45, 7) is 4.58. The number of nitrogens with one attached hydrogen (secondary N) is 1. The van der Waals surface area contributed by atoms with Crippen LogP contribution >= 0.6 is 11.3 Å². The second-order valence-corrected chi connectivity index (χ2v) is 6.17. The monoisotopic (exact) mass is 304 g/mol. The Balaban J connectivity index is 2.00. The van der Waals surface area contributed by atoms with E-state index in [9.17, 15) is 4.79 Å². The maximum Gasteiger partial charge on any atom is 0.320 e. The molecule has 4 nitrogen and oxygen atoms in total. The van der Waals surface area contributed by atoms with Gasteiger partial charge in [0.1, 0.15) is 11.0 Å². The molecule has 2 rings (SSSR count). The Morgan fingerprint density at radius 2 is 2.10 bits per heavy atom. The molecule has 0 amide bonds. The van der Waals surface area contributed by atoms with Gasteiger partial charge in [-0.1, -0.05) is 43.2 Å². The van der Waals surface area contributed by atoms with Crippen LogP contribution in [0.3, 0.4) is 0 Å². The van der Waals surface area contributed by atoms with Crippen molar-refractivity contribution in [1.82, 2.24) is 10.3 Å². The largest absolute Gasteiger partial charge is 0.480 e. The number of aliphatic carboxylic acids is 1. The van der Waals surface area contributed by atoms with Crippen molar-refractivity contribution in [3.8, 4) is 10.6 Å². The molecule has 0 aliphatic heterocycles. The number of hydrogen-bond acceptors (Lipinski definition) is 4. The molecule has 21 heavy (non-hydrogen) atoms. The smallest absolute Gasteiger partial charge is 0.320 e. The topological polar surface area (TPSA) is 62.2 Å². The minimum absolute atomic E-state index is 0.486. The number of benzene rings is 1. The first-order chi connectivity index (χ1) is 10.1. The van der Waals surface area contributed by atoms with E-state index in [4.69, 9.17) is 5.11 Å². The van der Waals surface area contributed by atoms with E-state index in [0.717, 1.165) is 21.9 Å². The van der Waals surface area contributed by atoms with Gasteiger partial charge in [0.05, 0.1) is 0 Å². The molecule has 0 bridgehead atoms. The van der Waals surface area contributed by atoms with Crippen LogP contribution in [0.2, 0.25) is 0 Å². The minimum Gasteiger partial charge on any atom is -0.480 e. The Bertz CT molecular complexity index is 593. The van der Waals surface area contributed by atoms with Gasteiger partial charge in [0, 0.05) is 23.2 Å². The highest BCUT2D eigenvalue weighted by atomic mass is 32.1. The third-order valence-electron chi connectivity index (χ3n) is 3.25. The lowest BCUT2D eigenvalue weighted by molar-refractivity contribution is -0.139. The molecule has 1 atom stereocenters. The van der Waals surface area contributed by atoms with Crippen molar-refractivity contribution in [3.63, 3.8) is 0 Å². The summed E-state index contributed by atoms with van der Waals surface area (Å²) >= 11 is 1.60. The first-order valence-electron chi connectivity index (χ1n) is 7.08. The van der Waals surface area contributed by atoms with Crippen molar-refractivity contribution in [2.45, 2.75) is 39.3 Å². The van der Waals surface area contributed by atoms with Crippen LogP contribution in [0.25, 0.3) is 10.6 Å². The van der Waals surface area contributed by atoms with Crippen LogP contribution in [-0.2, 0) is 11.3 Å². The van der Waals surface area contributed by atoms with Gasteiger partial charge < -0.3 is 5.11 Å². The molecule has 1 aromatic carbocycles. The molecule has 2 N–H and O–H groups in total. The van der Waals surface area contributed by atoms with E-state index in [-0.39, 0.29) is 0 Å². The van der Waals surface area contributed by atoms with Crippen LogP contribution in [0.15, 0.2) is 30.5 Å². The molecular formula is C16H20N2O2S. The fourth-order valence-electron chi connectivity index (χ4n) is 2.04. The van der Waals surface area contributed by atoms with E-state index in [0.29, 0.717) is 13.0 Å². The van der Waals surface area contributed by atoms with Crippen LogP contribution in [0.5, 0.6) is 0 Å². The molecule has 0 saturated heterocycles. The van der Waals surface area contributed by atoms with Gasteiger partial charge in [-0.05, 0) is 13.3 Å². The number of aryl methyl sites for hydroxylation is 1. The molecule has 5 heteroatoms. The summed E-state index contributed by atoms with van der Waals surface area (Å²) in [7, 11) is 0. The van der Waals surface area contributed by atoms with E-state index >= 15 is 0 Å². The number of carbonyl (C=O) groups is 1. The molecule has 0 aliphatic carbocycles. The highest BCUT2D eigenvalue weighted by Crippen LogP contribution is 2.25. The fraction of sp³-hybridized carbons (Fsp3) is 0.375. The molecule has 0 aliphatic rings. The molecule has 1 unspecified atom stereocenters. The summed E-state index contributed by atoms with van der Waals surface area (Å²) in [5, 5.41) is 13.2. The van der Waals surface area contributed by atoms with Crippen molar-refractivity contribution < 1.29 is 9.90 Å². The van der Waals surface area contributed by atoms with E-state index < -0.39 is 12.0 Å². The molecule has 1 heterocycles. The number of hydrogen-bond donors (Lipinski definition) is 2. The first-order valence-corrected chi connectivity index (χ1v) is 7.89. The van der Waals surface area contributed by atoms with Crippen LogP contribution in [0.1, 0.15) is 30.2 Å². The number of carboxylic acid groups (broad SMARTS) is 1. The Labute approximate surface area is 128 Å². The van der Waals surface area contributed by atoms with Gasteiger partial charge >= 0.3 is 5.97 Å². The average molecular weight is 304 g/mol. The maximum atomic E-state index is 11.1. The minimum atomic E-state index is -0.792. The summed E-state index contributed by atoms with van der Waals surface area (Å²) < 4.78 is 0. The Hall–Kier alpha value is -1.72. The van der Waals surface area contributed by atoms with Gasteiger partial charge in [-0.2, -0.15) is 0 Å². The summed E-state index contributed by atoms with van der Waals surface area (Å²) in [6, 6.07) is 7.76. The highest BCUT2D eigenvalue weighted by Gasteiger charge is 2.15. The van der Waals surface area contributed by atoms with Gasteiger partial charge in [0.2, 0.25) is 0 Å². The van der Waals surface area contributed by atoms with E-state index in [2.05, 4.69) is 41.5 Å². The lowest BCUT2D eigenvalue weighted by Crippen LogP contribution is -2.35. The zero-order chi connectivity index (χ0) is 15.2. The predicted octanol–water partition coefficient (Wildman–Crippen LogP) is 3.46. The van der Waals surface area contributed by atoms with Gasteiger partial charge in [0.15, 0.2) is 0 Å². The number of nitrogens with zero attached hydrogens (tertiary/aromatic N) is 1. The third-order valence-corrected chi connectivity index (χ3v) is 4.30. The van der Waals surface area contributed by atoms with Gasteiger partial charge in [-0.3, -0.25) is 10.1 Å². The number of carboxylic acids is 1. The zero-order valence-electron chi connectivity index (χ0n) is 12.3. The van der Waals surface area contributed by atoms with Crippen LogP contribution in [-0.4, -0.2) is 22.1 Å². The molecule has 0 saturated carbocycles. The number of rotatable bonds is 7. The van der Waals surface area contributed by atoms with Crippen LogP contribution in [0.4, 0.5) is 0 Å². The molecule has 112 valence electrons. The summed E-state index contributed by atoms with van der Waals surface area (Å²) in [5.41, 5.74) is 2.32. The average Bonchev–Trinajstić information content (AvgIpc) is 2.92. The quantitative estimate of drug-likeness (QED) is 0.822. The Kier molecular flexibility index (Phi) is 5.47. The third kappa shape index (κ3) is 4.37. The van der Waals surface area contributed by atoms with E-state index in [1.54, 1.807) is 11.3 Å². The summed E-state index contributed by atoms with van der Waals surface area (Å²) in [4.78, 5) is 16.6. The van der Waals surface area contributed by atoms with Crippen molar-refractivity contribution in [3.05, 3.63) is 40.9 Å².